The fraction of sp³-hybridized carbons (Fsp3) is 0.238. The number of aliphatic imine (C=N–C) groups is 1. The molecule has 2 atom stereocenters. The summed E-state index contributed by atoms with van der Waals surface area (Å²) in [6.45, 7) is 1.06. The standard InChI is InChI=1S/C42H41N5O4/c43-47-45-30-37-17-8-7-16-36(37)29-42(41(49)44-26-9-13-31-11-3-1-4-12-31)39(34-20-18-33(19-21-34)32-14-5-2-6-15-32)51-40(46-42)35-22-24-38(25-23-35)50-28-10-27-48/h1-8,11-12,14-25,39,48H,9-10,13,26-30H2,(H,44,49)/t39-,42-/m1/s1. The van der Waals surface area contributed by atoms with Crippen molar-refractivity contribution in [3.8, 4) is 16.9 Å². The van der Waals surface area contributed by atoms with Crippen LogP contribution in [-0.4, -0.2) is 42.2 Å². The van der Waals surface area contributed by atoms with Gasteiger partial charge < -0.3 is 19.9 Å². The lowest BCUT2D eigenvalue weighted by molar-refractivity contribution is -0.128. The van der Waals surface area contributed by atoms with Crippen LogP contribution >= 0.6 is 0 Å². The SMILES string of the molecule is [N-]=[N+]=NCc1ccccc1C[C@@]1(C(=O)NCCCc2ccccc2)N=C(c2ccc(OCCCO)cc2)O[C@@H]1c1ccc(-c2ccccc2)cc1. The molecular weight excluding hydrogens is 638 g/mol. The molecule has 9 heteroatoms. The van der Waals surface area contributed by atoms with E-state index >= 15 is 0 Å². The smallest absolute Gasteiger partial charge is 0.252 e. The molecule has 0 fully saturated rings. The molecule has 0 saturated carbocycles. The Balaban J connectivity index is 1.39. The van der Waals surface area contributed by atoms with Crippen LogP contribution in [0.1, 0.15) is 46.8 Å². The van der Waals surface area contributed by atoms with Gasteiger partial charge in [0.05, 0.1) is 13.2 Å². The molecule has 1 amide bonds. The molecule has 5 aromatic rings. The van der Waals surface area contributed by atoms with E-state index in [0.29, 0.717) is 36.8 Å². The summed E-state index contributed by atoms with van der Waals surface area (Å²) >= 11 is 0. The number of carbonyl (C=O) groups is 1. The van der Waals surface area contributed by atoms with Gasteiger partial charge in [0.15, 0.2) is 11.6 Å². The second kappa shape index (κ2) is 17.2. The second-order valence-electron chi connectivity index (χ2n) is 12.5. The van der Waals surface area contributed by atoms with Crippen LogP contribution in [0, 0.1) is 0 Å². The number of nitrogens with one attached hydrogen (secondary N) is 1. The molecule has 0 aliphatic carbocycles. The lowest BCUT2D eigenvalue weighted by Gasteiger charge is -2.31. The minimum Gasteiger partial charge on any atom is -0.494 e. The number of amides is 1. The predicted octanol–water partition coefficient (Wildman–Crippen LogP) is 8.17. The van der Waals surface area contributed by atoms with Crippen molar-refractivity contribution in [2.75, 3.05) is 19.8 Å². The molecule has 5 aromatic carbocycles. The Morgan fingerprint density at radius 3 is 2.18 bits per heavy atom. The first-order chi connectivity index (χ1) is 25.1. The molecular formula is C42H41N5O4. The van der Waals surface area contributed by atoms with Gasteiger partial charge in [-0.15, -0.1) is 0 Å². The van der Waals surface area contributed by atoms with Gasteiger partial charge in [-0.1, -0.05) is 114 Å². The van der Waals surface area contributed by atoms with E-state index in [1.807, 2.05) is 109 Å². The first kappa shape index (κ1) is 35.0. The zero-order valence-corrected chi connectivity index (χ0v) is 28.4. The van der Waals surface area contributed by atoms with Crippen LogP contribution in [0.3, 0.4) is 0 Å². The minimum atomic E-state index is -1.39. The van der Waals surface area contributed by atoms with Gasteiger partial charge in [0.1, 0.15) is 5.75 Å². The number of nitrogens with zero attached hydrogens (tertiary/aromatic N) is 4. The number of aliphatic hydroxyl groups is 1. The van der Waals surface area contributed by atoms with Crippen LogP contribution in [0.5, 0.6) is 5.75 Å². The van der Waals surface area contributed by atoms with Crippen molar-refractivity contribution in [1.82, 2.24) is 5.32 Å². The summed E-state index contributed by atoms with van der Waals surface area (Å²) in [6.07, 6.45) is 1.56. The van der Waals surface area contributed by atoms with E-state index in [9.17, 15) is 4.79 Å². The highest BCUT2D eigenvalue weighted by molar-refractivity contribution is 6.01. The zero-order chi connectivity index (χ0) is 35.3. The maximum absolute atomic E-state index is 14.7. The lowest BCUT2D eigenvalue weighted by Crippen LogP contribution is -2.50. The normalized spacial score (nSPS) is 16.4. The molecule has 1 heterocycles. The molecule has 1 aliphatic heterocycles. The van der Waals surface area contributed by atoms with Crippen LogP contribution < -0.4 is 10.1 Å². The highest BCUT2D eigenvalue weighted by Gasteiger charge is 2.53. The maximum atomic E-state index is 14.7. The summed E-state index contributed by atoms with van der Waals surface area (Å²) in [6, 6.07) is 43.5. The van der Waals surface area contributed by atoms with Crippen LogP contribution in [0.2, 0.25) is 0 Å². The molecule has 0 bridgehead atoms. The third-order valence-electron chi connectivity index (χ3n) is 9.00. The Kier molecular flexibility index (Phi) is 11.8. The van der Waals surface area contributed by atoms with Crippen LogP contribution in [0.4, 0.5) is 0 Å². The summed E-state index contributed by atoms with van der Waals surface area (Å²) in [4.78, 5) is 22.9. The van der Waals surface area contributed by atoms with E-state index in [1.54, 1.807) is 0 Å². The van der Waals surface area contributed by atoms with E-state index in [-0.39, 0.29) is 25.5 Å². The highest BCUT2D eigenvalue weighted by Crippen LogP contribution is 2.43. The van der Waals surface area contributed by atoms with E-state index in [4.69, 9.17) is 25.1 Å². The number of hydrogen-bond donors (Lipinski definition) is 2. The monoisotopic (exact) mass is 679 g/mol. The third-order valence-corrected chi connectivity index (χ3v) is 9.00. The molecule has 9 nitrogen and oxygen atoms in total. The van der Waals surface area contributed by atoms with Crippen molar-refractivity contribution in [1.29, 1.82) is 0 Å². The summed E-state index contributed by atoms with van der Waals surface area (Å²) in [7, 11) is 0. The molecule has 1 aliphatic rings. The average Bonchev–Trinajstić information content (AvgIpc) is 3.57. The van der Waals surface area contributed by atoms with E-state index in [2.05, 4.69) is 39.6 Å². The largest absolute Gasteiger partial charge is 0.494 e. The number of azide groups is 1. The molecule has 0 radical (unpaired) electrons. The van der Waals surface area contributed by atoms with Crippen molar-refractivity contribution in [2.45, 2.75) is 43.9 Å². The Bertz CT molecular complexity index is 1960. The van der Waals surface area contributed by atoms with Crippen molar-refractivity contribution in [3.05, 3.63) is 172 Å². The van der Waals surface area contributed by atoms with E-state index in [1.165, 1.54) is 5.56 Å². The molecule has 6 rings (SSSR count). The van der Waals surface area contributed by atoms with Crippen molar-refractivity contribution in [3.63, 3.8) is 0 Å². The van der Waals surface area contributed by atoms with Gasteiger partial charge in [-0.25, -0.2) is 4.99 Å². The maximum Gasteiger partial charge on any atom is 0.252 e. The van der Waals surface area contributed by atoms with E-state index < -0.39 is 11.6 Å². The number of rotatable bonds is 16. The van der Waals surface area contributed by atoms with Crippen LogP contribution in [0.15, 0.2) is 144 Å². The number of aryl methyl sites for hydroxylation is 1. The number of ether oxygens (including phenoxy) is 2. The Morgan fingerprint density at radius 1 is 0.824 bits per heavy atom. The molecule has 0 unspecified atom stereocenters. The van der Waals surface area contributed by atoms with E-state index in [0.717, 1.165) is 40.7 Å². The molecule has 2 N–H and O–H groups in total. The fourth-order valence-corrected chi connectivity index (χ4v) is 6.34. The van der Waals surface area contributed by atoms with Gasteiger partial charge in [-0.2, -0.15) is 0 Å². The fourth-order valence-electron chi connectivity index (χ4n) is 6.34. The minimum absolute atomic E-state index is 0.0544. The summed E-state index contributed by atoms with van der Waals surface area (Å²) in [5.41, 5.74) is 14.2. The number of aliphatic hydroxyl groups excluding tert-OH is 1. The summed E-state index contributed by atoms with van der Waals surface area (Å²) < 4.78 is 12.5. The average molecular weight is 680 g/mol. The van der Waals surface area contributed by atoms with Crippen LogP contribution in [0.25, 0.3) is 21.6 Å². The topological polar surface area (TPSA) is 129 Å². The first-order valence-electron chi connectivity index (χ1n) is 17.3. The Hall–Kier alpha value is -5.89. The number of benzene rings is 5. The quantitative estimate of drug-likeness (QED) is 0.0472. The number of hydrogen-bond acceptors (Lipinski definition) is 6. The third kappa shape index (κ3) is 8.65. The molecule has 51 heavy (non-hydrogen) atoms. The second-order valence-corrected chi connectivity index (χ2v) is 12.5. The van der Waals surface area contributed by atoms with Crippen LogP contribution in [-0.2, 0) is 28.9 Å². The van der Waals surface area contributed by atoms with Gasteiger partial charge >= 0.3 is 0 Å². The molecule has 258 valence electrons. The Labute approximate surface area is 298 Å². The van der Waals surface area contributed by atoms with Crippen molar-refractivity contribution >= 4 is 11.8 Å². The van der Waals surface area contributed by atoms with Gasteiger partial charge in [0.25, 0.3) is 5.91 Å². The summed E-state index contributed by atoms with van der Waals surface area (Å²) in [5.74, 6) is 0.763. The number of carbonyl (C=O) groups excluding carboxylic acids is 1. The zero-order valence-electron chi connectivity index (χ0n) is 28.4. The summed E-state index contributed by atoms with van der Waals surface area (Å²) in [5, 5.41) is 16.2. The molecule has 0 aromatic heterocycles. The van der Waals surface area contributed by atoms with Gasteiger partial charge in [0, 0.05) is 36.5 Å². The lowest BCUT2D eigenvalue weighted by atomic mass is 9.80. The van der Waals surface area contributed by atoms with Gasteiger partial charge in [-0.3, -0.25) is 4.79 Å². The predicted molar refractivity (Wildman–Crippen MR) is 199 cm³/mol. The van der Waals surface area contributed by atoms with Gasteiger partial charge in [0.2, 0.25) is 5.90 Å². The molecule has 0 spiro atoms. The van der Waals surface area contributed by atoms with Gasteiger partial charge in [-0.05, 0) is 76.0 Å². The Morgan fingerprint density at radius 2 is 1.47 bits per heavy atom. The van der Waals surface area contributed by atoms with Crippen molar-refractivity contribution < 1.29 is 19.4 Å². The first-order valence-corrected chi connectivity index (χ1v) is 17.3. The van der Waals surface area contributed by atoms with Crippen molar-refractivity contribution in [2.24, 2.45) is 10.1 Å². The molecule has 0 saturated heterocycles. The highest BCUT2D eigenvalue weighted by atomic mass is 16.5.